The third-order valence-corrected chi connectivity index (χ3v) is 2.68. The lowest BCUT2D eigenvalue weighted by Gasteiger charge is -2.24. The molecule has 0 heteroatoms. The summed E-state index contributed by atoms with van der Waals surface area (Å²) in [6.07, 6.45) is 3.70. The monoisotopic (exact) mass is 150 g/mol. The molecule has 11 heavy (non-hydrogen) atoms. The molecule has 0 fully saturated rings. The van der Waals surface area contributed by atoms with E-state index in [1.165, 1.54) is 30.4 Å². The Morgan fingerprint density at radius 3 is 2.64 bits per heavy atom. The van der Waals surface area contributed by atoms with Gasteiger partial charge in [-0.3, -0.25) is 0 Å². The van der Waals surface area contributed by atoms with E-state index < -0.39 is 0 Å². The van der Waals surface area contributed by atoms with E-state index in [1.54, 1.807) is 5.57 Å². The van der Waals surface area contributed by atoms with Gasteiger partial charge in [-0.2, -0.15) is 0 Å². The molecule has 0 bridgehead atoms. The molecule has 0 spiro atoms. The van der Waals surface area contributed by atoms with E-state index in [0.717, 1.165) is 5.92 Å². The second-order valence-corrected chi connectivity index (χ2v) is 3.70. The van der Waals surface area contributed by atoms with Crippen LogP contribution >= 0.6 is 0 Å². The first kappa shape index (κ1) is 8.58. The molecule has 0 amide bonds. The van der Waals surface area contributed by atoms with Crippen LogP contribution in [0, 0.1) is 5.92 Å². The Balaban J connectivity index is 2.85. The molecule has 1 aliphatic carbocycles. The third-order valence-electron chi connectivity index (χ3n) is 2.68. The van der Waals surface area contributed by atoms with Crippen molar-refractivity contribution in [3.63, 3.8) is 0 Å². The molecule has 1 unspecified atom stereocenters. The standard InChI is InChI=1S/C11H18/c1-5-11-7-8(2)6-9(3)10(11)4/h8H,3,5-7H2,1-2,4H3. The van der Waals surface area contributed by atoms with Crippen LogP contribution in [0.15, 0.2) is 23.3 Å². The maximum atomic E-state index is 4.09. The highest BCUT2D eigenvalue weighted by Crippen LogP contribution is 2.33. The van der Waals surface area contributed by atoms with Crippen LogP contribution in [0.1, 0.15) is 40.0 Å². The smallest absolute Gasteiger partial charge is 0.0253 e. The number of hydrogen-bond acceptors (Lipinski definition) is 0. The van der Waals surface area contributed by atoms with E-state index in [9.17, 15) is 0 Å². The lowest BCUT2D eigenvalue weighted by Crippen LogP contribution is -2.07. The fraction of sp³-hybridized carbons (Fsp3) is 0.636. The van der Waals surface area contributed by atoms with E-state index in [0.29, 0.717) is 0 Å². The number of rotatable bonds is 1. The van der Waals surface area contributed by atoms with Gasteiger partial charge in [-0.05, 0) is 37.7 Å². The molecule has 0 saturated carbocycles. The van der Waals surface area contributed by atoms with Crippen LogP contribution in [-0.4, -0.2) is 0 Å². The molecule has 1 rings (SSSR count). The highest BCUT2D eigenvalue weighted by Gasteiger charge is 2.16. The first-order chi connectivity index (χ1) is 5.15. The number of allylic oxidation sites excluding steroid dienone is 3. The summed E-state index contributed by atoms with van der Waals surface area (Å²) in [6, 6.07) is 0. The zero-order valence-electron chi connectivity index (χ0n) is 7.91. The van der Waals surface area contributed by atoms with Gasteiger partial charge in [0.05, 0.1) is 0 Å². The predicted octanol–water partition coefficient (Wildman–Crippen LogP) is 3.70. The van der Waals surface area contributed by atoms with Gasteiger partial charge in [0.25, 0.3) is 0 Å². The van der Waals surface area contributed by atoms with Gasteiger partial charge in [0, 0.05) is 0 Å². The van der Waals surface area contributed by atoms with Gasteiger partial charge in [0.1, 0.15) is 0 Å². The van der Waals surface area contributed by atoms with Crippen molar-refractivity contribution in [1.82, 2.24) is 0 Å². The molecule has 0 nitrogen and oxygen atoms in total. The highest BCUT2D eigenvalue weighted by molar-refractivity contribution is 5.34. The predicted molar refractivity (Wildman–Crippen MR) is 50.5 cm³/mol. The van der Waals surface area contributed by atoms with E-state index in [4.69, 9.17) is 0 Å². The molecule has 0 saturated heterocycles. The van der Waals surface area contributed by atoms with Crippen molar-refractivity contribution in [2.75, 3.05) is 0 Å². The summed E-state index contributed by atoms with van der Waals surface area (Å²) in [4.78, 5) is 0. The first-order valence-electron chi connectivity index (χ1n) is 4.52. The van der Waals surface area contributed by atoms with E-state index in [1.807, 2.05) is 0 Å². The highest BCUT2D eigenvalue weighted by atomic mass is 14.2. The average Bonchev–Trinajstić information content (AvgIpc) is 1.96. The van der Waals surface area contributed by atoms with Crippen LogP contribution in [0.3, 0.4) is 0 Å². The molecular weight excluding hydrogens is 132 g/mol. The van der Waals surface area contributed by atoms with Crippen LogP contribution in [0.4, 0.5) is 0 Å². The van der Waals surface area contributed by atoms with Crippen LogP contribution in [-0.2, 0) is 0 Å². The van der Waals surface area contributed by atoms with Crippen molar-refractivity contribution in [2.45, 2.75) is 40.0 Å². The average molecular weight is 150 g/mol. The van der Waals surface area contributed by atoms with Gasteiger partial charge in [0.2, 0.25) is 0 Å². The molecule has 62 valence electrons. The number of hydrogen-bond donors (Lipinski definition) is 0. The SMILES string of the molecule is C=C1CC(C)CC(CC)=C1C. The minimum atomic E-state index is 0.821. The van der Waals surface area contributed by atoms with Crippen molar-refractivity contribution in [1.29, 1.82) is 0 Å². The second kappa shape index (κ2) is 3.25. The maximum absolute atomic E-state index is 4.09. The van der Waals surface area contributed by atoms with Crippen LogP contribution < -0.4 is 0 Å². The van der Waals surface area contributed by atoms with Crippen molar-refractivity contribution in [3.05, 3.63) is 23.3 Å². The normalized spacial score (nSPS) is 26.1. The van der Waals surface area contributed by atoms with Crippen LogP contribution in [0.2, 0.25) is 0 Å². The molecule has 0 aromatic rings. The Morgan fingerprint density at radius 2 is 2.09 bits per heavy atom. The van der Waals surface area contributed by atoms with Gasteiger partial charge in [-0.15, -0.1) is 0 Å². The van der Waals surface area contributed by atoms with Gasteiger partial charge in [0.15, 0.2) is 0 Å². The quantitative estimate of drug-likeness (QED) is 0.534. The fourth-order valence-corrected chi connectivity index (χ4v) is 1.88. The molecule has 0 radical (unpaired) electrons. The summed E-state index contributed by atoms with van der Waals surface area (Å²) in [7, 11) is 0. The zero-order chi connectivity index (χ0) is 8.43. The summed E-state index contributed by atoms with van der Waals surface area (Å²) < 4.78 is 0. The third kappa shape index (κ3) is 1.74. The Hall–Kier alpha value is -0.520. The Labute approximate surface area is 70.0 Å². The Bertz CT molecular complexity index is 196. The molecule has 0 aromatic carbocycles. The lowest BCUT2D eigenvalue weighted by atomic mass is 9.82. The van der Waals surface area contributed by atoms with Crippen molar-refractivity contribution >= 4 is 0 Å². The van der Waals surface area contributed by atoms with Crippen molar-refractivity contribution in [3.8, 4) is 0 Å². The minimum absolute atomic E-state index is 0.821. The summed E-state index contributed by atoms with van der Waals surface area (Å²) in [5.74, 6) is 0.821. The van der Waals surface area contributed by atoms with Crippen molar-refractivity contribution in [2.24, 2.45) is 5.92 Å². The molecular formula is C11H18. The summed E-state index contributed by atoms with van der Waals surface area (Å²) in [6.45, 7) is 10.9. The largest absolute Gasteiger partial charge is 0.0956 e. The van der Waals surface area contributed by atoms with E-state index >= 15 is 0 Å². The van der Waals surface area contributed by atoms with Gasteiger partial charge in [-0.1, -0.05) is 31.6 Å². The Morgan fingerprint density at radius 1 is 1.45 bits per heavy atom. The van der Waals surface area contributed by atoms with Gasteiger partial charge >= 0.3 is 0 Å². The molecule has 0 heterocycles. The topological polar surface area (TPSA) is 0 Å². The Kier molecular flexibility index (Phi) is 2.53. The van der Waals surface area contributed by atoms with Crippen molar-refractivity contribution < 1.29 is 0 Å². The molecule has 0 aliphatic heterocycles. The minimum Gasteiger partial charge on any atom is -0.0956 e. The summed E-state index contributed by atoms with van der Waals surface area (Å²) in [5, 5.41) is 0. The lowest BCUT2D eigenvalue weighted by molar-refractivity contribution is 0.542. The van der Waals surface area contributed by atoms with Crippen LogP contribution in [0.5, 0.6) is 0 Å². The van der Waals surface area contributed by atoms with Gasteiger partial charge < -0.3 is 0 Å². The summed E-state index contributed by atoms with van der Waals surface area (Å²) >= 11 is 0. The van der Waals surface area contributed by atoms with E-state index in [-0.39, 0.29) is 0 Å². The first-order valence-corrected chi connectivity index (χ1v) is 4.52. The molecule has 0 N–H and O–H groups in total. The second-order valence-electron chi connectivity index (χ2n) is 3.70. The summed E-state index contributed by atoms with van der Waals surface area (Å²) in [5.41, 5.74) is 4.46. The van der Waals surface area contributed by atoms with Crippen LogP contribution in [0.25, 0.3) is 0 Å². The molecule has 1 aliphatic rings. The maximum Gasteiger partial charge on any atom is -0.0253 e. The zero-order valence-corrected chi connectivity index (χ0v) is 7.91. The molecule has 0 aromatic heterocycles. The fourth-order valence-electron chi connectivity index (χ4n) is 1.88. The molecule has 1 atom stereocenters. The van der Waals surface area contributed by atoms with Gasteiger partial charge in [-0.25, -0.2) is 0 Å². The van der Waals surface area contributed by atoms with E-state index in [2.05, 4.69) is 27.4 Å².